The van der Waals surface area contributed by atoms with Gasteiger partial charge in [0.05, 0.1) is 19.0 Å². The molecule has 1 atom stereocenters. The monoisotopic (exact) mass is 264 g/mol. The summed E-state index contributed by atoms with van der Waals surface area (Å²) >= 11 is 0. The summed E-state index contributed by atoms with van der Waals surface area (Å²) in [6, 6.07) is 1.84. The maximum absolute atomic E-state index is 12.3. The lowest BCUT2D eigenvalue weighted by atomic mass is 9.99. The second kappa shape index (κ2) is 5.17. The van der Waals surface area contributed by atoms with E-state index in [1.54, 1.807) is 20.4 Å². The van der Waals surface area contributed by atoms with E-state index in [0.717, 1.165) is 18.4 Å². The van der Waals surface area contributed by atoms with Crippen molar-refractivity contribution in [1.82, 2.24) is 4.98 Å². The Bertz CT molecular complexity index is 486. The van der Waals surface area contributed by atoms with Crippen molar-refractivity contribution < 1.29 is 14.3 Å². The van der Waals surface area contributed by atoms with Crippen LogP contribution in [-0.2, 0) is 9.53 Å². The standard InChI is InChI=1S/C14H20N2O3/c1-9-7-11(8-15-12(9)18-3)16-13(17)14(2,19-4)10-5-6-10/h7-8,10H,5-6H2,1-4H3,(H,16,17)/t14-/m1/s1. The third-order valence-corrected chi connectivity index (χ3v) is 3.71. The number of amides is 1. The molecule has 5 heteroatoms. The van der Waals surface area contributed by atoms with Gasteiger partial charge in [0.1, 0.15) is 5.60 Å². The van der Waals surface area contributed by atoms with E-state index in [1.165, 1.54) is 0 Å². The van der Waals surface area contributed by atoms with Gasteiger partial charge in [-0.05, 0) is 38.7 Å². The molecule has 19 heavy (non-hydrogen) atoms. The molecule has 1 saturated carbocycles. The molecule has 2 rings (SSSR count). The fraction of sp³-hybridized carbons (Fsp3) is 0.571. The summed E-state index contributed by atoms with van der Waals surface area (Å²) in [6.45, 7) is 3.72. The number of carbonyl (C=O) groups is 1. The molecule has 0 saturated heterocycles. The number of aromatic nitrogens is 1. The molecule has 1 fully saturated rings. The smallest absolute Gasteiger partial charge is 0.256 e. The molecule has 0 aromatic carbocycles. The quantitative estimate of drug-likeness (QED) is 0.885. The third-order valence-electron chi connectivity index (χ3n) is 3.71. The molecule has 104 valence electrons. The molecule has 1 aromatic rings. The average molecular weight is 264 g/mol. The lowest BCUT2D eigenvalue weighted by Crippen LogP contribution is -2.44. The van der Waals surface area contributed by atoms with E-state index >= 15 is 0 Å². The Labute approximate surface area is 113 Å². The summed E-state index contributed by atoms with van der Waals surface area (Å²) in [5.74, 6) is 0.753. The van der Waals surface area contributed by atoms with E-state index in [1.807, 2.05) is 19.9 Å². The van der Waals surface area contributed by atoms with E-state index in [4.69, 9.17) is 9.47 Å². The Balaban J connectivity index is 2.12. The molecule has 0 radical (unpaired) electrons. The first kappa shape index (κ1) is 13.8. The van der Waals surface area contributed by atoms with Gasteiger partial charge in [-0.2, -0.15) is 0 Å². The number of nitrogens with one attached hydrogen (secondary N) is 1. The number of nitrogens with zero attached hydrogens (tertiary/aromatic N) is 1. The number of methoxy groups -OCH3 is 2. The molecule has 1 amide bonds. The van der Waals surface area contributed by atoms with Crippen molar-refractivity contribution in [3.05, 3.63) is 17.8 Å². The molecular weight excluding hydrogens is 244 g/mol. The van der Waals surface area contributed by atoms with Gasteiger partial charge < -0.3 is 14.8 Å². The van der Waals surface area contributed by atoms with Crippen LogP contribution >= 0.6 is 0 Å². The van der Waals surface area contributed by atoms with Crippen LogP contribution < -0.4 is 10.1 Å². The largest absolute Gasteiger partial charge is 0.481 e. The molecule has 0 bridgehead atoms. The molecule has 0 aliphatic heterocycles. The highest BCUT2D eigenvalue weighted by molar-refractivity contribution is 5.97. The van der Waals surface area contributed by atoms with Gasteiger partial charge in [0.2, 0.25) is 5.88 Å². The number of anilines is 1. The number of hydrogen-bond acceptors (Lipinski definition) is 4. The van der Waals surface area contributed by atoms with E-state index in [2.05, 4.69) is 10.3 Å². The lowest BCUT2D eigenvalue weighted by Gasteiger charge is -2.26. The van der Waals surface area contributed by atoms with Gasteiger partial charge in [0.25, 0.3) is 5.91 Å². The highest BCUT2D eigenvalue weighted by Gasteiger charge is 2.47. The normalized spacial score (nSPS) is 17.7. The van der Waals surface area contributed by atoms with Crippen LogP contribution in [0, 0.1) is 12.8 Å². The van der Waals surface area contributed by atoms with Gasteiger partial charge >= 0.3 is 0 Å². The topological polar surface area (TPSA) is 60.5 Å². The summed E-state index contributed by atoms with van der Waals surface area (Å²) in [6.07, 6.45) is 3.67. The minimum atomic E-state index is -0.756. The molecule has 1 aromatic heterocycles. The molecule has 1 heterocycles. The summed E-state index contributed by atoms with van der Waals surface area (Å²) < 4.78 is 10.5. The van der Waals surface area contributed by atoms with Crippen molar-refractivity contribution in [2.45, 2.75) is 32.3 Å². The van der Waals surface area contributed by atoms with Gasteiger partial charge in [0, 0.05) is 12.7 Å². The van der Waals surface area contributed by atoms with Gasteiger partial charge in [0.15, 0.2) is 0 Å². The number of rotatable bonds is 5. The fourth-order valence-corrected chi connectivity index (χ4v) is 2.18. The zero-order valence-electron chi connectivity index (χ0n) is 11.8. The summed E-state index contributed by atoms with van der Waals surface area (Å²) in [5, 5.41) is 2.86. The summed E-state index contributed by atoms with van der Waals surface area (Å²) in [4.78, 5) is 16.5. The Hall–Kier alpha value is -1.62. The number of aryl methyl sites for hydroxylation is 1. The van der Waals surface area contributed by atoms with E-state index < -0.39 is 5.60 Å². The van der Waals surface area contributed by atoms with Crippen molar-refractivity contribution in [1.29, 1.82) is 0 Å². The lowest BCUT2D eigenvalue weighted by molar-refractivity contribution is -0.138. The number of carbonyl (C=O) groups excluding carboxylic acids is 1. The second-order valence-electron chi connectivity index (χ2n) is 5.09. The van der Waals surface area contributed by atoms with Crippen LogP contribution in [0.5, 0.6) is 5.88 Å². The Kier molecular flexibility index (Phi) is 3.75. The third kappa shape index (κ3) is 2.71. The minimum Gasteiger partial charge on any atom is -0.481 e. The minimum absolute atomic E-state index is 0.121. The van der Waals surface area contributed by atoms with Gasteiger partial charge in [-0.3, -0.25) is 4.79 Å². The van der Waals surface area contributed by atoms with Crippen molar-refractivity contribution in [3.8, 4) is 5.88 Å². The highest BCUT2D eigenvalue weighted by atomic mass is 16.5. The first-order chi connectivity index (χ1) is 9.01. The second-order valence-corrected chi connectivity index (χ2v) is 5.09. The predicted molar refractivity (Wildman–Crippen MR) is 72.3 cm³/mol. The van der Waals surface area contributed by atoms with E-state index in [-0.39, 0.29) is 5.91 Å². The van der Waals surface area contributed by atoms with E-state index in [0.29, 0.717) is 17.5 Å². The van der Waals surface area contributed by atoms with Crippen LogP contribution in [0.2, 0.25) is 0 Å². The maximum atomic E-state index is 12.3. The molecular formula is C14H20N2O3. The Morgan fingerprint density at radius 3 is 2.63 bits per heavy atom. The zero-order chi connectivity index (χ0) is 14.0. The van der Waals surface area contributed by atoms with Crippen LogP contribution in [0.3, 0.4) is 0 Å². The first-order valence-electron chi connectivity index (χ1n) is 6.38. The number of pyridine rings is 1. The average Bonchev–Trinajstić information content (AvgIpc) is 3.22. The molecule has 1 N–H and O–H groups in total. The first-order valence-corrected chi connectivity index (χ1v) is 6.38. The van der Waals surface area contributed by atoms with Crippen molar-refractivity contribution in [2.75, 3.05) is 19.5 Å². The molecule has 1 aliphatic carbocycles. The van der Waals surface area contributed by atoms with Crippen LogP contribution in [0.25, 0.3) is 0 Å². The molecule has 0 unspecified atom stereocenters. The Morgan fingerprint density at radius 1 is 1.47 bits per heavy atom. The van der Waals surface area contributed by atoms with Gasteiger partial charge in [-0.1, -0.05) is 0 Å². The fourth-order valence-electron chi connectivity index (χ4n) is 2.18. The van der Waals surface area contributed by atoms with Crippen molar-refractivity contribution >= 4 is 11.6 Å². The summed E-state index contributed by atoms with van der Waals surface area (Å²) in [5.41, 5.74) is 0.784. The van der Waals surface area contributed by atoms with Crippen molar-refractivity contribution in [2.24, 2.45) is 5.92 Å². The Morgan fingerprint density at radius 2 is 2.16 bits per heavy atom. The molecule has 1 aliphatic rings. The van der Waals surface area contributed by atoms with E-state index in [9.17, 15) is 4.79 Å². The van der Waals surface area contributed by atoms with Crippen LogP contribution in [0.4, 0.5) is 5.69 Å². The highest BCUT2D eigenvalue weighted by Crippen LogP contribution is 2.42. The predicted octanol–water partition coefficient (Wildman–Crippen LogP) is 2.15. The van der Waals surface area contributed by atoms with Gasteiger partial charge in [-0.15, -0.1) is 0 Å². The van der Waals surface area contributed by atoms with Crippen LogP contribution in [0.15, 0.2) is 12.3 Å². The maximum Gasteiger partial charge on any atom is 0.256 e. The molecule has 0 spiro atoms. The zero-order valence-corrected chi connectivity index (χ0v) is 11.8. The van der Waals surface area contributed by atoms with Crippen LogP contribution in [-0.4, -0.2) is 30.7 Å². The molecule has 5 nitrogen and oxygen atoms in total. The number of ether oxygens (including phenoxy) is 2. The summed E-state index contributed by atoms with van der Waals surface area (Å²) in [7, 11) is 3.15. The van der Waals surface area contributed by atoms with Crippen molar-refractivity contribution in [3.63, 3.8) is 0 Å². The SMILES string of the molecule is COc1ncc(NC(=O)[C@](C)(OC)C2CC2)cc1C. The number of hydrogen-bond donors (Lipinski definition) is 1. The van der Waals surface area contributed by atoms with Gasteiger partial charge in [-0.25, -0.2) is 4.98 Å². The van der Waals surface area contributed by atoms with Crippen LogP contribution in [0.1, 0.15) is 25.3 Å².